The predicted molar refractivity (Wildman–Crippen MR) is 68.0 cm³/mol. The summed E-state index contributed by atoms with van der Waals surface area (Å²) in [5, 5.41) is 10.3. The summed E-state index contributed by atoms with van der Waals surface area (Å²) in [6, 6.07) is 5.81. The number of aliphatic hydroxyl groups excluding tert-OH is 1. The fourth-order valence-corrected chi connectivity index (χ4v) is 2.01. The van der Waals surface area contributed by atoms with Gasteiger partial charge >= 0.3 is 0 Å². The zero-order valence-electron chi connectivity index (χ0n) is 10.6. The van der Waals surface area contributed by atoms with Crippen molar-refractivity contribution in [1.29, 1.82) is 0 Å². The first-order chi connectivity index (χ1) is 9.13. The number of benzene rings is 1. The van der Waals surface area contributed by atoms with Gasteiger partial charge in [0.25, 0.3) is 6.43 Å². The van der Waals surface area contributed by atoms with Gasteiger partial charge < -0.3 is 9.67 Å². The second-order valence-corrected chi connectivity index (χ2v) is 4.35. The molecule has 2 aromatic rings. The number of alkyl halides is 2. The second-order valence-electron chi connectivity index (χ2n) is 4.35. The lowest BCUT2D eigenvalue weighted by molar-refractivity contribution is 0.150. The van der Waals surface area contributed by atoms with Crippen molar-refractivity contribution >= 4 is 0 Å². The van der Waals surface area contributed by atoms with E-state index in [0.29, 0.717) is 11.4 Å². The van der Waals surface area contributed by atoms with Crippen LogP contribution in [0.4, 0.5) is 8.78 Å². The Hall–Kier alpha value is -1.75. The minimum atomic E-state index is -2.54. The van der Waals surface area contributed by atoms with E-state index in [1.54, 1.807) is 18.5 Å². The number of imidazole rings is 1. The Morgan fingerprint density at radius 3 is 2.74 bits per heavy atom. The maximum atomic E-state index is 12.7. The number of rotatable bonds is 5. The molecule has 0 amide bonds. The maximum absolute atomic E-state index is 12.7. The molecule has 19 heavy (non-hydrogen) atoms. The molecular weight excluding hydrogens is 250 g/mol. The van der Waals surface area contributed by atoms with Crippen molar-refractivity contribution in [3.8, 4) is 0 Å². The molecule has 2 rings (SSSR count). The van der Waals surface area contributed by atoms with Crippen molar-refractivity contribution in [3.05, 3.63) is 53.6 Å². The highest BCUT2D eigenvalue weighted by atomic mass is 19.3. The third-order valence-corrected chi connectivity index (χ3v) is 2.94. The van der Waals surface area contributed by atoms with Crippen LogP contribution < -0.4 is 0 Å². The van der Waals surface area contributed by atoms with E-state index in [1.165, 1.54) is 18.2 Å². The first-order valence-corrected chi connectivity index (χ1v) is 6.20. The molecule has 0 bridgehead atoms. The lowest BCUT2D eigenvalue weighted by atomic mass is 10.1. The monoisotopic (exact) mass is 266 g/mol. The van der Waals surface area contributed by atoms with Crippen LogP contribution in [0.1, 0.15) is 42.8 Å². The Bertz CT molecular complexity index is 540. The van der Waals surface area contributed by atoms with Crippen LogP contribution in [-0.2, 0) is 6.54 Å². The number of nitrogens with zero attached hydrogens (tertiary/aromatic N) is 2. The van der Waals surface area contributed by atoms with E-state index >= 15 is 0 Å². The highest BCUT2D eigenvalue weighted by Crippen LogP contribution is 2.25. The summed E-state index contributed by atoms with van der Waals surface area (Å²) in [4.78, 5) is 4.11. The molecule has 3 nitrogen and oxygen atoms in total. The van der Waals surface area contributed by atoms with Gasteiger partial charge in [0.05, 0.1) is 0 Å². The van der Waals surface area contributed by atoms with E-state index in [4.69, 9.17) is 0 Å². The van der Waals surface area contributed by atoms with Crippen molar-refractivity contribution in [2.75, 3.05) is 0 Å². The summed E-state index contributed by atoms with van der Waals surface area (Å²) in [6.45, 7) is 2.76. The standard InChI is InChI=1S/C14H16F2N2O/c1-2-7-18-8-6-17-14(18)12(19)10-4-3-5-11(9-10)13(15)16/h3-6,8-9,12-13,19H,2,7H2,1H3. The van der Waals surface area contributed by atoms with Gasteiger partial charge in [-0.25, -0.2) is 13.8 Å². The van der Waals surface area contributed by atoms with Gasteiger partial charge in [0.1, 0.15) is 11.9 Å². The predicted octanol–water partition coefficient (Wildman–Crippen LogP) is 3.31. The summed E-state index contributed by atoms with van der Waals surface area (Å²) in [7, 11) is 0. The highest BCUT2D eigenvalue weighted by molar-refractivity contribution is 5.29. The number of aryl methyl sites for hydroxylation is 1. The summed E-state index contributed by atoms with van der Waals surface area (Å²) in [5.41, 5.74) is 0.339. The van der Waals surface area contributed by atoms with Crippen molar-refractivity contribution < 1.29 is 13.9 Å². The zero-order valence-corrected chi connectivity index (χ0v) is 10.6. The Balaban J connectivity index is 2.30. The second kappa shape index (κ2) is 5.93. The van der Waals surface area contributed by atoms with Crippen LogP contribution in [0.5, 0.6) is 0 Å². The van der Waals surface area contributed by atoms with Gasteiger partial charge in [-0.15, -0.1) is 0 Å². The molecule has 5 heteroatoms. The van der Waals surface area contributed by atoms with Crippen LogP contribution in [-0.4, -0.2) is 14.7 Å². The van der Waals surface area contributed by atoms with Gasteiger partial charge in [0.15, 0.2) is 0 Å². The minimum Gasteiger partial charge on any atom is -0.380 e. The van der Waals surface area contributed by atoms with Crippen LogP contribution in [0.15, 0.2) is 36.7 Å². The van der Waals surface area contributed by atoms with E-state index in [2.05, 4.69) is 4.98 Å². The molecule has 0 aliphatic rings. The van der Waals surface area contributed by atoms with Gasteiger partial charge in [-0.2, -0.15) is 0 Å². The van der Waals surface area contributed by atoms with Crippen LogP contribution in [0, 0.1) is 0 Å². The molecule has 1 heterocycles. The van der Waals surface area contributed by atoms with Crippen molar-refractivity contribution in [1.82, 2.24) is 9.55 Å². The van der Waals surface area contributed by atoms with E-state index in [9.17, 15) is 13.9 Å². The average Bonchev–Trinajstić information content (AvgIpc) is 2.86. The quantitative estimate of drug-likeness (QED) is 0.901. The molecule has 0 fully saturated rings. The summed E-state index contributed by atoms with van der Waals surface area (Å²) in [6.07, 6.45) is 0.764. The molecule has 1 aromatic carbocycles. The van der Waals surface area contributed by atoms with Crippen LogP contribution >= 0.6 is 0 Å². The highest BCUT2D eigenvalue weighted by Gasteiger charge is 2.17. The van der Waals surface area contributed by atoms with Crippen molar-refractivity contribution in [3.63, 3.8) is 0 Å². The fourth-order valence-electron chi connectivity index (χ4n) is 2.01. The molecule has 0 radical (unpaired) electrons. The number of aliphatic hydroxyl groups is 1. The largest absolute Gasteiger partial charge is 0.380 e. The minimum absolute atomic E-state index is 0.0925. The van der Waals surface area contributed by atoms with Crippen LogP contribution in [0.25, 0.3) is 0 Å². The van der Waals surface area contributed by atoms with Gasteiger partial charge in [0, 0.05) is 24.5 Å². The molecular formula is C14H16F2N2O. The van der Waals surface area contributed by atoms with Gasteiger partial charge in [-0.05, 0) is 18.1 Å². The van der Waals surface area contributed by atoms with E-state index in [-0.39, 0.29) is 5.56 Å². The Morgan fingerprint density at radius 1 is 1.32 bits per heavy atom. The normalized spacial score (nSPS) is 12.9. The maximum Gasteiger partial charge on any atom is 0.263 e. The van der Waals surface area contributed by atoms with Crippen LogP contribution in [0.3, 0.4) is 0 Å². The Morgan fingerprint density at radius 2 is 2.05 bits per heavy atom. The third-order valence-electron chi connectivity index (χ3n) is 2.94. The van der Waals surface area contributed by atoms with Gasteiger partial charge in [0.2, 0.25) is 0 Å². The zero-order chi connectivity index (χ0) is 13.8. The van der Waals surface area contributed by atoms with Crippen LogP contribution in [0.2, 0.25) is 0 Å². The topological polar surface area (TPSA) is 38.0 Å². The number of hydrogen-bond acceptors (Lipinski definition) is 2. The van der Waals surface area contributed by atoms with E-state index in [0.717, 1.165) is 13.0 Å². The first-order valence-electron chi connectivity index (χ1n) is 6.20. The molecule has 0 aliphatic carbocycles. The lowest BCUT2D eigenvalue weighted by Gasteiger charge is -2.14. The summed E-state index contributed by atoms with van der Waals surface area (Å²) < 4.78 is 27.1. The molecule has 0 saturated heterocycles. The Labute approximate surface area is 110 Å². The molecule has 1 aromatic heterocycles. The van der Waals surface area contributed by atoms with E-state index in [1.807, 2.05) is 11.5 Å². The van der Waals surface area contributed by atoms with Gasteiger partial charge in [-0.1, -0.05) is 25.1 Å². The number of hydrogen-bond donors (Lipinski definition) is 1. The molecule has 1 N–H and O–H groups in total. The first kappa shape index (κ1) is 13.7. The molecule has 0 spiro atoms. The SMILES string of the molecule is CCCn1ccnc1C(O)c1cccc(C(F)F)c1. The third kappa shape index (κ3) is 2.98. The van der Waals surface area contributed by atoms with Crippen molar-refractivity contribution in [2.45, 2.75) is 32.4 Å². The average molecular weight is 266 g/mol. The summed E-state index contributed by atoms with van der Waals surface area (Å²) in [5.74, 6) is 0.480. The molecule has 1 unspecified atom stereocenters. The Kier molecular flexibility index (Phi) is 4.27. The smallest absolute Gasteiger partial charge is 0.263 e. The number of aromatic nitrogens is 2. The van der Waals surface area contributed by atoms with E-state index < -0.39 is 12.5 Å². The fraction of sp³-hybridized carbons (Fsp3) is 0.357. The van der Waals surface area contributed by atoms with Gasteiger partial charge in [-0.3, -0.25) is 0 Å². The molecule has 0 saturated carbocycles. The van der Waals surface area contributed by atoms with Crippen molar-refractivity contribution in [2.24, 2.45) is 0 Å². The summed E-state index contributed by atoms with van der Waals surface area (Å²) >= 11 is 0. The molecule has 102 valence electrons. The molecule has 0 aliphatic heterocycles. The number of halogens is 2. The lowest BCUT2D eigenvalue weighted by Crippen LogP contribution is -2.10. The molecule has 1 atom stereocenters.